The Morgan fingerprint density at radius 2 is 2.15 bits per heavy atom. The maximum Gasteiger partial charge on any atom is 0.194 e. The fourth-order valence-electron chi connectivity index (χ4n) is 1.80. The molecule has 102 valence electrons. The van der Waals surface area contributed by atoms with Crippen LogP contribution in [-0.2, 0) is 0 Å². The highest BCUT2D eigenvalue weighted by Gasteiger charge is 2.10. The number of rotatable bonds is 4. The summed E-state index contributed by atoms with van der Waals surface area (Å²) in [5, 5.41) is 4.68. The van der Waals surface area contributed by atoms with E-state index in [2.05, 4.69) is 25.3 Å². The van der Waals surface area contributed by atoms with Crippen LogP contribution in [0.2, 0.25) is 0 Å². The second-order valence-corrected chi connectivity index (χ2v) is 5.16. The summed E-state index contributed by atoms with van der Waals surface area (Å²) >= 11 is 1.42. The Labute approximate surface area is 120 Å². The molecule has 0 amide bonds. The van der Waals surface area contributed by atoms with E-state index in [1.807, 2.05) is 36.7 Å². The molecule has 1 N–H and O–H groups in total. The highest BCUT2D eigenvalue weighted by atomic mass is 32.2. The van der Waals surface area contributed by atoms with E-state index in [4.69, 9.17) is 0 Å². The lowest BCUT2D eigenvalue weighted by molar-refractivity contribution is 0.924. The van der Waals surface area contributed by atoms with Gasteiger partial charge in [-0.2, -0.15) is 0 Å². The van der Waals surface area contributed by atoms with Gasteiger partial charge in [-0.1, -0.05) is 0 Å². The first-order valence-corrected chi connectivity index (χ1v) is 7.13. The third-order valence-electron chi connectivity index (χ3n) is 2.66. The number of anilines is 1. The summed E-state index contributed by atoms with van der Waals surface area (Å²) in [4.78, 5) is 17.6. The third kappa shape index (κ3) is 2.57. The highest BCUT2D eigenvalue weighted by Crippen LogP contribution is 2.27. The molecular formula is C13H14N6S. The molecule has 7 heteroatoms. The SMILES string of the molecule is CCNc1cn2ccnc2c(Sc2nccc(C)n2)n1. The van der Waals surface area contributed by atoms with E-state index in [1.54, 1.807) is 12.4 Å². The van der Waals surface area contributed by atoms with Gasteiger partial charge in [0.05, 0.1) is 6.20 Å². The topological polar surface area (TPSA) is 68.0 Å². The summed E-state index contributed by atoms with van der Waals surface area (Å²) in [5.41, 5.74) is 1.74. The van der Waals surface area contributed by atoms with Gasteiger partial charge < -0.3 is 9.72 Å². The van der Waals surface area contributed by atoms with E-state index in [1.165, 1.54) is 11.8 Å². The second-order valence-electron chi connectivity index (χ2n) is 4.20. The van der Waals surface area contributed by atoms with Gasteiger partial charge in [0.15, 0.2) is 10.8 Å². The predicted octanol–water partition coefficient (Wildman–Crippen LogP) is 2.41. The standard InChI is InChI=1S/C13H14N6S/c1-3-14-10-8-19-7-6-15-11(19)12(18-10)20-13-16-5-4-9(2)17-13/h4-8,14H,3H2,1-2H3. The van der Waals surface area contributed by atoms with Crippen molar-refractivity contribution in [2.75, 3.05) is 11.9 Å². The first-order valence-electron chi connectivity index (χ1n) is 6.31. The van der Waals surface area contributed by atoms with E-state index in [0.29, 0.717) is 5.16 Å². The maximum atomic E-state index is 4.58. The number of hydrogen-bond acceptors (Lipinski definition) is 6. The van der Waals surface area contributed by atoms with Crippen LogP contribution in [0.5, 0.6) is 0 Å². The lowest BCUT2D eigenvalue weighted by Crippen LogP contribution is -2.03. The Morgan fingerprint density at radius 1 is 1.25 bits per heavy atom. The minimum atomic E-state index is 0.677. The molecule has 3 rings (SSSR count). The molecule has 0 fully saturated rings. The van der Waals surface area contributed by atoms with Crippen molar-refractivity contribution < 1.29 is 0 Å². The van der Waals surface area contributed by atoms with Crippen molar-refractivity contribution in [1.82, 2.24) is 24.3 Å². The summed E-state index contributed by atoms with van der Waals surface area (Å²) in [5.74, 6) is 0.813. The van der Waals surface area contributed by atoms with Gasteiger partial charge in [-0.3, -0.25) is 0 Å². The zero-order valence-corrected chi connectivity index (χ0v) is 12.1. The number of nitrogens with zero attached hydrogens (tertiary/aromatic N) is 5. The Kier molecular flexibility index (Phi) is 3.51. The summed E-state index contributed by atoms with van der Waals surface area (Å²) in [7, 11) is 0. The molecule has 0 saturated heterocycles. The normalized spacial score (nSPS) is 10.9. The Morgan fingerprint density at radius 3 is 2.95 bits per heavy atom. The van der Waals surface area contributed by atoms with E-state index in [-0.39, 0.29) is 0 Å². The summed E-state index contributed by atoms with van der Waals surface area (Å²) in [6.07, 6.45) is 7.33. The number of fused-ring (bicyclic) bond motifs is 1. The monoisotopic (exact) mass is 286 g/mol. The Balaban J connectivity index is 2.02. The van der Waals surface area contributed by atoms with E-state index < -0.39 is 0 Å². The predicted molar refractivity (Wildman–Crippen MR) is 78.0 cm³/mol. The van der Waals surface area contributed by atoms with Crippen LogP contribution in [0.15, 0.2) is 41.0 Å². The van der Waals surface area contributed by atoms with E-state index in [9.17, 15) is 0 Å². The molecule has 0 aliphatic carbocycles. The zero-order valence-electron chi connectivity index (χ0n) is 11.2. The van der Waals surface area contributed by atoms with Gasteiger partial charge in [-0.05, 0) is 31.7 Å². The number of aryl methyl sites for hydroxylation is 1. The molecule has 0 saturated carbocycles. The molecule has 3 aromatic heterocycles. The molecule has 0 aliphatic rings. The number of nitrogens with one attached hydrogen (secondary N) is 1. The van der Waals surface area contributed by atoms with Crippen LogP contribution >= 0.6 is 11.8 Å². The molecule has 20 heavy (non-hydrogen) atoms. The average molecular weight is 286 g/mol. The summed E-state index contributed by atoms with van der Waals surface area (Å²) in [6.45, 7) is 4.80. The summed E-state index contributed by atoms with van der Waals surface area (Å²) < 4.78 is 1.95. The molecule has 6 nitrogen and oxygen atoms in total. The van der Waals surface area contributed by atoms with Crippen LogP contribution in [0, 0.1) is 6.92 Å². The molecule has 0 spiro atoms. The fraction of sp³-hybridized carbons (Fsp3) is 0.231. The van der Waals surface area contributed by atoms with Crippen molar-refractivity contribution in [3.8, 4) is 0 Å². The smallest absolute Gasteiger partial charge is 0.194 e. The molecule has 0 bridgehead atoms. The van der Waals surface area contributed by atoms with Crippen molar-refractivity contribution in [2.24, 2.45) is 0 Å². The number of aromatic nitrogens is 5. The lowest BCUT2D eigenvalue weighted by Gasteiger charge is -2.07. The highest BCUT2D eigenvalue weighted by molar-refractivity contribution is 7.99. The molecule has 3 aromatic rings. The van der Waals surface area contributed by atoms with Crippen LogP contribution in [0.3, 0.4) is 0 Å². The van der Waals surface area contributed by atoms with Crippen molar-refractivity contribution in [2.45, 2.75) is 24.0 Å². The van der Waals surface area contributed by atoms with Gasteiger partial charge in [0.2, 0.25) is 0 Å². The van der Waals surface area contributed by atoms with Crippen molar-refractivity contribution in [3.63, 3.8) is 0 Å². The van der Waals surface area contributed by atoms with Gasteiger partial charge in [0.25, 0.3) is 0 Å². The van der Waals surface area contributed by atoms with Crippen molar-refractivity contribution in [1.29, 1.82) is 0 Å². The maximum absolute atomic E-state index is 4.58. The first kappa shape index (κ1) is 12.9. The van der Waals surface area contributed by atoms with Crippen LogP contribution in [0.4, 0.5) is 5.82 Å². The minimum Gasteiger partial charge on any atom is -0.369 e. The third-order valence-corrected chi connectivity index (χ3v) is 3.51. The first-order chi connectivity index (χ1) is 9.76. The quantitative estimate of drug-likeness (QED) is 0.743. The van der Waals surface area contributed by atoms with Gasteiger partial charge in [-0.25, -0.2) is 19.9 Å². The molecule has 0 unspecified atom stereocenters. The average Bonchev–Trinajstić information content (AvgIpc) is 2.87. The van der Waals surface area contributed by atoms with Crippen LogP contribution in [0.25, 0.3) is 5.65 Å². The number of imidazole rings is 1. The van der Waals surface area contributed by atoms with Gasteiger partial charge in [0.1, 0.15) is 10.8 Å². The van der Waals surface area contributed by atoms with Gasteiger partial charge in [0, 0.05) is 30.8 Å². The van der Waals surface area contributed by atoms with Crippen molar-refractivity contribution >= 4 is 23.2 Å². The van der Waals surface area contributed by atoms with Gasteiger partial charge >= 0.3 is 0 Å². The Bertz CT molecular complexity index is 739. The molecule has 0 atom stereocenters. The Hall–Kier alpha value is -2.15. The lowest BCUT2D eigenvalue weighted by atomic mass is 10.5. The molecule has 0 radical (unpaired) electrons. The molecule has 0 aliphatic heterocycles. The largest absolute Gasteiger partial charge is 0.369 e. The zero-order chi connectivity index (χ0) is 13.9. The molecule has 0 aromatic carbocycles. The van der Waals surface area contributed by atoms with Gasteiger partial charge in [-0.15, -0.1) is 0 Å². The summed E-state index contributed by atoms with van der Waals surface area (Å²) in [6, 6.07) is 1.87. The van der Waals surface area contributed by atoms with Crippen molar-refractivity contribution in [3.05, 3.63) is 36.5 Å². The number of hydrogen-bond donors (Lipinski definition) is 1. The van der Waals surface area contributed by atoms with E-state index >= 15 is 0 Å². The van der Waals surface area contributed by atoms with Crippen LogP contribution in [-0.4, -0.2) is 30.9 Å². The minimum absolute atomic E-state index is 0.677. The van der Waals surface area contributed by atoms with Crippen LogP contribution in [0.1, 0.15) is 12.6 Å². The van der Waals surface area contributed by atoms with Crippen LogP contribution < -0.4 is 5.32 Å². The van der Waals surface area contributed by atoms with E-state index in [0.717, 1.165) is 28.7 Å². The fourth-order valence-corrected chi connectivity index (χ4v) is 2.67. The second kappa shape index (κ2) is 5.46. The molecular weight excluding hydrogens is 272 g/mol. The molecule has 3 heterocycles.